The van der Waals surface area contributed by atoms with Crippen molar-refractivity contribution in [3.8, 4) is 0 Å². The number of hydrogen-bond acceptors (Lipinski definition) is 11. The lowest BCUT2D eigenvalue weighted by molar-refractivity contribution is -0.373. The zero-order valence-electron chi connectivity index (χ0n) is 36.3. The molecule has 65 heavy (non-hydrogen) atoms. The van der Waals surface area contributed by atoms with Gasteiger partial charge in [0, 0.05) is 0 Å². The van der Waals surface area contributed by atoms with Crippen molar-refractivity contribution in [2.75, 3.05) is 13.2 Å². The highest BCUT2D eigenvalue weighted by Crippen LogP contribution is 2.36. The molecule has 2 aliphatic heterocycles. The van der Waals surface area contributed by atoms with Gasteiger partial charge in [-0.15, -0.1) is 0 Å². The Kier molecular flexibility index (Phi) is 17.4. The fourth-order valence-corrected chi connectivity index (χ4v) is 8.12. The summed E-state index contributed by atoms with van der Waals surface area (Å²) < 4.78 is 60.5. The van der Waals surface area contributed by atoms with Crippen LogP contribution < -0.4 is 0 Å². The molecule has 10 atom stereocenters. The molecule has 8 rings (SSSR count). The van der Waals surface area contributed by atoms with E-state index in [9.17, 15) is 10.2 Å². The van der Waals surface area contributed by atoms with Gasteiger partial charge in [-0.1, -0.05) is 182 Å². The van der Waals surface area contributed by atoms with E-state index >= 15 is 0 Å². The van der Waals surface area contributed by atoms with Gasteiger partial charge in [0.05, 0.1) is 52.9 Å². The van der Waals surface area contributed by atoms with Crippen LogP contribution in [0.5, 0.6) is 0 Å². The Morgan fingerprint density at radius 2 is 0.692 bits per heavy atom. The van der Waals surface area contributed by atoms with Crippen molar-refractivity contribution in [1.29, 1.82) is 0 Å². The summed E-state index contributed by atoms with van der Waals surface area (Å²) in [6.45, 7) is 0.970. The fourth-order valence-electron chi connectivity index (χ4n) is 8.12. The summed E-state index contributed by atoms with van der Waals surface area (Å²) in [5.41, 5.74) is 5.66. The Morgan fingerprint density at radius 1 is 0.354 bits per heavy atom. The molecule has 2 saturated heterocycles. The summed E-state index contributed by atoms with van der Waals surface area (Å²) in [4.78, 5) is 0. The van der Waals surface area contributed by atoms with Crippen LogP contribution in [-0.4, -0.2) is 84.8 Å². The smallest absolute Gasteiger partial charge is 0.187 e. The van der Waals surface area contributed by atoms with E-state index in [4.69, 9.17) is 42.6 Å². The van der Waals surface area contributed by atoms with Crippen molar-refractivity contribution in [2.45, 2.75) is 101 Å². The van der Waals surface area contributed by atoms with Crippen LogP contribution in [0.3, 0.4) is 0 Å². The maximum absolute atomic E-state index is 11.5. The van der Waals surface area contributed by atoms with Gasteiger partial charge in [-0.05, 0) is 33.4 Å². The third-order valence-electron chi connectivity index (χ3n) is 11.5. The van der Waals surface area contributed by atoms with E-state index < -0.39 is 68.0 Å². The first-order valence-corrected chi connectivity index (χ1v) is 22.3. The van der Waals surface area contributed by atoms with Crippen molar-refractivity contribution >= 4 is 0 Å². The fraction of sp³-hybridized carbons (Fsp3) is 0.333. The largest absolute Gasteiger partial charge is 0.394 e. The van der Waals surface area contributed by atoms with Gasteiger partial charge in [0.15, 0.2) is 12.6 Å². The maximum Gasteiger partial charge on any atom is 0.187 e. The van der Waals surface area contributed by atoms with Crippen LogP contribution in [0.2, 0.25) is 0 Å². The number of rotatable bonds is 22. The third kappa shape index (κ3) is 13.3. The SMILES string of the molecule is OC[C@H]1O[C@H](O)[C@H](OCc2ccccc2)[C@@H](OCc2ccccc2)[C@@H]1O[C@@H]1O[C@H](COCc2ccccc2)[C@H](OCc2ccccc2)[C@H](OCc2ccccc2)[C@H]1OCc1ccccc1. The van der Waals surface area contributed by atoms with Gasteiger partial charge >= 0.3 is 0 Å². The van der Waals surface area contributed by atoms with Crippen molar-refractivity contribution in [1.82, 2.24) is 0 Å². The molecule has 2 fully saturated rings. The van der Waals surface area contributed by atoms with E-state index in [0.717, 1.165) is 33.4 Å². The molecule has 2 aliphatic rings. The van der Waals surface area contributed by atoms with Gasteiger partial charge in [-0.3, -0.25) is 0 Å². The molecule has 2 N–H and O–H groups in total. The first kappa shape index (κ1) is 46.4. The summed E-state index contributed by atoms with van der Waals surface area (Å²) in [6.07, 6.45) is -9.81. The molecule has 340 valence electrons. The molecule has 11 nitrogen and oxygen atoms in total. The molecule has 0 unspecified atom stereocenters. The molecule has 0 aromatic heterocycles. The van der Waals surface area contributed by atoms with Gasteiger partial charge in [0.2, 0.25) is 0 Å². The summed E-state index contributed by atoms with van der Waals surface area (Å²) in [6, 6.07) is 59.0. The van der Waals surface area contributed by atoms with Crippen LogP contribution in [0.1, 0.15) is 33.4 Å². The van der Waals surface area contributed by atoms with Crippen LogP contribution in [0.15, 0.2) is 182 Å². The molecular weight excluding hydrogens is 825 g/mol. The van der Waals surface area contributed by atoms with Gasteiger partial charge in [-0.2, -0.15) is 0 Å². The van der Waals surface area contributed by atoms with Crippen molar-refractivity contribution in [3.05, 3.63) is 215 Å². The zero-order valence-corrected chi connectivity index (χ0v) is 36.3. The van der Waals surface area contributed by atoms with Crippen LogP contribution in [0.25, 0.3) is 0 Å². The van der Waals surface area contributed by atoms with E-state index in [1.807, 2.05) is 182 Å². The minimum atomic E-state index is -1.45. The van der Waals surface area contributed by atoms with Gasteiger partial charge in [0.25, 0.3) is 0 Å². The molecule has 2 heterocycles. The molecule has 0 spiro atoms. The van der Waals surface area contributed by atoms with Crippen LogP contribution in [0.4, 0.5) is 0 Å². The van der Waals surface area contributed by atoms with Crippen molar-refractivity contribution in [2.24, 2.45) is 0 Å². The minimum absolute atomic E-state index is 0.116. The van der Waals surface area contributed by atoms with E-state index in [0.29, 0.717) is 6.61 Å². The first-order valence-electron chi connectivity index (χ1n) is 22.3. The number of benzene rings is 6. The van der Waals surface area contributed by atoms with E-state index in [2.05, 4.69) is 0 Å². The van der Waals surface area contributed by atoms with Crippen LogP contribution >= 0.6 is 0 Å². The Hall–Kier alpha value is -5.12. The second-order valence-electron chi connectivity index (χ2n) is 16.2. The summed E-state index contributed by atoms with van der Waals surface area (Å²) in [5.74, 6) is 0. The predicted molar refractivity (Wildman–Crippen MR) is 243 cm³/mol. The lowest BCUT2D eigenvalue weighted by atomic mass is 9.95. The number of aliphatic hydroxyl groups is 2. The first-order chi connectivity index (χ1) is 32.1. The van der Waals surface area contributed by atoms with E-state index in [1.54, 1.807) is 0 Å². The quantitative estimate of drug-likeness (QED) is 0.0691. The van der Waals surface area contributed by atoms with Gasteiger partial charge < -0.3 is 52.8 Å². The number of hydrogen-bond donors (Lipinski definition) is 2. The van der Waals surface area contributed by atoms with Crippen molar-refractivity contribution < 1.29 is 52.8 Å². The zero-order chi connectivity index (χ0) is 44.5. The highest BCUT2D eigenvalue weighted by atomic mass is 16.7. The normalized spacial score (nSPS) is 25.6. The van der Waals surface area contributed by atoms with Gasteiger partial charge in [-0.25, -0.2) is 0 Å². The summed E-state index contributed by atoms with van der Waals surface area (Å²) >= 11 is 0. The van der Waals surface area contributed by atoms with E-state index in [-0.39, 0.29) is 39.6 Å². The highest BCUT2D eigenvalue weighted by molar-refractivity contribution is 5.18. The molecule has 6 aromatic carbocycles. The number of aliphatic hydroxyl groups excluding tert-OH is 2. The lowest BCUT2D eigenvalue weighted by Crippen LogP contribution is -2.66. The topological polar surface area (TPSA) is 124 Å². The van der Waals surface area contributed by atoms with E-state index in [1.165, 1.54) is 0 Å². The average Bonchev–Trinajstić information content (AvgIpc) is 3.36. The third-order valence-corrected chi connectivity index (χ3v) is 11.5. The molecular formula is C54H58O11. The molecule has 6 aromatic rings. The van der Waals surface area contributed by atoms with Crippen LogP contribution in [0, 0.1) is 0 Å². The monoisotopic (exact) mass is 882 g/mol. The summed E-state index contributed by atoms with van der Waals surface area (Å²) in [5, 5.41) is 22.5. The Labute approximate surface area is 381 Å². The van der Waals surface area contributed by atoms with Crippen LogP contribution in [-0.2, 0) is 82.3 Å². The standard InChI is InChI=1S/C54H58O11/c55-31-45-48(50(60-35-42-25-13-4-14-26-42)51(53(56)63-45)61-36-43-27-15-5-16-28-43)65-54-52(62-37-44-29-17-6-18-30-44)49(59-34-41-23-11-3-12-24-41)47(58-33-40-21-9-2-10-22-40)46(64-54)38-57-32-39-19-7-1-8-20-39/h1-30,45-56H,31-38H2/t45-,46-,47+,48-,49+,50+,51-,52-,53+,54+/m1/s1. The molecule has 0 aliphatic carbocycles. The molecule has 11 heteroatoms. The Morgan fingerprint density at radius 3 is 1.09 bits per heavy atom. The minimum Gasteiger partial charge on any atom is -0.394 e. The maximum atomic E-state index is 11.5. The summed E-state index contributed by atoms with van der Waals surface area (Å²) in [7, 11) is 0. The number of ether oxygens (including phenoxy) is 9. The Bertz CT molecular complexity index is 2210. The molecule has 0 amide bonds. The second-order valence-corrected chi connectivity index (χ2v) is 16.2. The van der Waals surface area contributed by atoms with Gasteiger partial charge in [0.1, 0.15) is 48.8 Å². The lowest BCUT2D eigenvalue weighted by Gasteiger charge is -2.49. The molecule has 0 bridgehead atoms. The van der Waals surface area contributed by atoms with Crippen molar-refractivity contribution in [3.63, 3.8) is 0 Å². The highest BCUT2D eigenvalue weighted by Gasteiger charge is 2.54. The average molecular weight is 883 g/mol. The second kappa shape index (κ2) is 24.4. The predicted octanol–water partition coefficient (Wildman–Crippen LogP) is 7.95. The molecule has 0 saturated carbocycles. The Balaban J connectivity index is 1.16. The molecule has 0 radical (unpaired) electrons.